The van der Waals surface area contributed by atoms with Crippen LogP contribution in [0.1, 0.15) is 10.4 Å². The second-order valence-electron chi connectivity index (χ2n) is 3.48. The molecule has 6 nitrogen and oxygen atoms in total. The Kier molecular flexibility index (Phi) is 3.21. The summed E-state index contributed by atoms with van der Waals surface area (Å²) in [5.74, 6) is -0.299. The van der Waals surface area contributed by atoms with E-state index >= 15 is 0 Å². The van der Waals surface area contributed by atoms with E-state index in [-0.39, 0.29) is 16.6 Å². The van der Waals surface area contributed by atoms with Gasteiger partial charge in [0, 0.05) is 26.2 Å². The third kappa shape index (κ3) is 2.23. The number of nitrogens with zero attached hydrogens (tertiary/aromatic N) is 2. The van der Waals surface area contributed by atoms with Crippen LogP contribution >= 0.6 is 11.6 Å². The van der Waals surface area contributed by atoms with Crippen LogP contribution in [-0.2, 0) is 0 Å². The molecule has 1 amide bonds. The molecule has 0 atom stereocenters. The second-order valence-corrected chi connectivity index (χ2v) is 3.86. The number of carbonyl (C=O) groups is 1. The monoisotopic (exact) mass is 242 g/mol. The average Bonchev–Trinajstić information content (AvgIpc) is 2.32. The smallest absolute Gasteiger partial charge is 0.277 e. The lowest BCUT2D eigenvalue weighted by Gasteiger charge is -2.27. The summed E-state index contributed by atoms with van der Waals surface area (Å²) in [5, 5.41) is 8.94. The molecule has 1 aliphatic rings. The second kappa shape index (κ2) is 4.63. The minimum Gasteiger partial charge on any atom is -0.336 e. The number of carbonyl (C=O) groups excluding carboxylic acids is 1. The van der Waals surface area contributed by atoms with E-state index in [2.05, 4.69) is 15.5 Å². The summed E-state index contributed by atoms with van der Waals surface area (Å²) in [6.07, 6.45) is 0. The fourth-order valence-electron chi connectivity index (χ4n) is 1.58. The molecule has 7 heteroatoms. The third-order valence-electron chi connectivity index (χ3n) is 2.41. The van der Waals surface area contributed by atoms with Gasteiger partial charge < -0.3 is 10.2 Å². The SMILES string of the molecule is O=C(c1cc(Cl)n[nH]c1=O)N1CCNCC1. The molecule has 0 spiro atoms. The number of halogens is 1. The topological polar surface area (TPSA) is 78.1 Å². The first-order valence-electron chi connectivity index (χ1n) is 4.93. The minimum absolute atomic E-state index is 0.0434. The lowest BCUT2D eigenvalue weighted by atomic mass is 10.2. The summed E-state index contributed by atoms with van der Waals surface area (Å²) in [4.78, 5) is 25.0. The summed E-state index contributed by atoms with van der Waals surface area (Å²) < 4.78 is 0. The first-order valence-corrected chi connectivity index (χ1v) is 5.31. The van der Waals surface area contributed by atoms with Crippen molar-refractivity contribution in [2.75, 3.05) is 26.2 Å². The van der Waals surface area contributed by atoms with Crippen LogP contribution in [0.25, 0.3) is 0 Å². The van der Waals surface area contributed by atoms with Crippen LogP contribution in [0.2, 0.25) is 5.15 Å². The van der Waals surface area contributed by atoms with E-state index in [0.29, 0.717) is 13.1 Å². The number of nitrogens with one attached hydrogen (secondary N) is 2. The van der Waals surface area contributed by atoms with Crippen molar-refractivity contribution >= 4 is 17.5 Å². The van der Waals surface area contributed by atoms with Crippen LogP contribution in [0.15, 0.2) is 10.9 Å². The Morgan fingerprint density at radius 2 is 2.12 bits per heavy atom. The highest BCUT2D eigenvalue weighted by molar-refractivity contribution is 6.29. The summed E-state index contributed by atoms with van der Waals surface area (Å²) in [6, 6.07) is 1.30. The quantitative estimate of drug-likeness (QED) is 0.694. The Balaban J connectivity index is 2.25. The molecule has 2 rings (SSSR count). The predicted octanol–water partition coefficient (Wildman–Crippen LogP) is -0.531. The van der Waals surface area contributed by atoms with Crippen molar-refractivity contribution in [3.8, 4) is 0 Å². The maximum absolute atomic E-state index is 12.0. The Morgan fingerprint density at radius 1 is 1.44 bits per heavy atom. The van der Waals surface area contributed by atoms with E-state index in [9.17, 15) is 9.59 Å². The van der Waals surface area contributed by atoms with Crippen LogP contribution in [0.4, 0.5) is 0 Å². The van der Waals surface area contributed by atoms with Gasteiger partial charge in [-0.1, -0.05) is 11.6 Å². The van der Waals surface area contributed by atoms with Crippen molar-refractivity contribution < 1.29 is 4.79 Å². The molecule has 1 fully saturated rings. The zero-order chi connectivity index (χ0) is 11.5. The molecule has 16 heavy (non-hydrogen) atoms. The van der Waals surface area contributed by atoms with E-state index in [4.69, 9.17) is 11.6 Å². The molecular weight excluding hydrogens is 232 g/mol. The molecule has 0 aliphatic carbocycles. The molecule has 2 N–H and O–H groups in total. The van der Waals surface area contributed by atoms with Gasteiger partial charge in [0.1, 0.15) is 10.7 Å². The number of aromatic nitrogens is 2. The Labute approximate surface area is 96.6 Å². The summed E-state index contributed by atoms with van der Waals surface area (Å²) in [6.45, 7) is 2.67. The first kappa shape index (κ1) is 11.1. The zero-order valence-corrected chi connectivity index (χ0v) is 9.25. The van der Waals surface area contributed by atoms with Crippen LogP contribution in [0.3, 0.4) is 0 Å². The predicted molar refractivity (Wildman–Crippen MR) is 58.6 cm³/mol. The first-order chi connectivity index (χ1) is 7.68. The van der Waals surface area contributed by atoms with Crippen molar-refractivity contribution in [3.05, 3.63) is 27.1 Å². The van der Waals surface area contributed by atoms with Crippen molar-refractivity contribution in [1.82, 2.24) is 20.4 Å². The maximum Gasteiger partial charge on any atom is 0.277 e. The van der Waals surface area contributed by atoms with Gasteiger partial charge in [0.05, 0.1) is 0 Å². The van der Waals surface area contributed by atoms with Crippen molar-refractivity contribution in [3.63, 3.8) is 0 Å². The van der Waals surface area contributed by atoms with Gasteiger partial charge in [0.15, 0.2) is 0 Å². The van der Waals surface area contributed by atoms with Crippen LogP contribution in [0.5, 0.6) is 0 Å². The molecule has 2 heterocycles. The van der Waals surface area contributed by atoms with Gasteiger partial charge in [-0.2, -0.15) is 5.10 Å². The number of amides is 1. The van der Waals surface area contributed by atoms with Gasteiger partial charge in [-0.05, 0) is 6.07 Å². The number of piperazine rings is 1. The Morgan fingerprint density at radius 3 is 2.81 bits per heavy atom. The number of rotatable bonds is 1. The Hall–Kier alpha value is -1.40. The van der Waals surface area contributed by atoms with Crippen LogP contribution in [0, 0.1) is 0 Å². The summed E-state index contributed by atoms with van der Waals surface area (Å²) in [7, 11) is 0. The highest BCUT2D eigenvalue weighted by atomic mass is 35.5. The molecule has 1 aliphatic heterocycles. The number of hydrogen-bond acceptors (Lipinski definition) is 4. The number of hydrogen-bond donors (Lipinski definition) is 2. The number of H-pyrrole nitrogens is 1. The summed E-state index contributed by atoms with van der Waals surface area (Å²) in [5.41, 5.74) is -0.463. The van der Waals surface area contributed by atoms with Gasteiger partial charge in [-0.25, -0.2) is 5.10 Å². The molecule has 1 aromatic heterocycles. The van der Waals surface area contributed by atoms with E-state index in [0.717, 1.165) is 13.1 Å². The lowest BCUT2D eigenvalue weighted by Crippen LogP contribution is -2.47. The largest absolute Gasteiger partial charge is 0.336 e. The van der Waals surface area contributed by atoms with Crippen molar-refractivity contribution in [1.29, 1.82) is 0 Å². The maximum atomic E-state index is 12.0. The average molecular weight is 243 g/mol. The molecule has 0 radical (unpaired) electrons. The molecule has 0 saturated carbocycles. The van der Waals surface area contributed by atoms with Crippen LogP contribution < -0.4 is 10.9 Å². The lowest BCUT2D eigenvalue weighted by molar-refractivity contribution is 0.0733. The van der Waals surface area contributed by atoms with Gasteiger partial charge in [0.2, 0.25) is 0 Å². The zero-order valence-electron chi connectivity index (χ0n) is 8.49. The normalized spacial score (nSPS) is 16.2. The molecule has 86 valence electrons. The standard InChI is InChI=1S/C9H11ClN4O2/c10-7-5-6(8(15)13-12-7)9(16)14-3-1-11-2-4-14/h5,11H,1-4H2,(H,13,15). The van der Waals surface area contributed by atoms with E-state index in [1.807, 2.05) is 0 Å². The fourth-order valence-corrected chi connectivity index (χ4v) is 1.73. The van der Waals surface area contributed by atoms with E-state index < -0.39 is 5.56 Å². The summed E-state index contributed by atoms with van der Waals surface area (Å²) >= 11 is 5.64. The molecule has 1 aromatic rings. The van der Waals surface area contributed by atoms with Gasteiger partial charge >= 0.3 is 0 Å². The number of aromatic amines is 1. The molecule has 0 unspecified atom stereocenters. The molecular formula is C9H11ClN4O2. The highest BCUT2D eigenvalue weighted by Gasteiger charge is 2.20. The Bertz CT molecular complexity index is 453. The van der Waals surface area contributed by atoms with Crippen molar-refractivity contribution in [2.45, 2.75) is 0 Å². The molecule has 1 saturated heterocycles. The molecule has 0 bridgehead atoms. The van der Waals surface area contributed by atoms with Crippen LogP contribution in [-0.4, -0.2) is 47.2 Å². The minimum atomic E-state index is -0.507. The van der Waals surface area contributed by atoms with Crippen molar-refractivity contribution in [2.24, 2.45) is 0 Å². The molecule has 0 aromatic carbocycles. The van der Waals surface area contributed by atoms with Gasteiger partial charge in [-0.3, -0.25) is 9.59 Å². The fraction of sp³-hybridized carbons (Fsp3) is 0.444. The van der Waals surface area contributed by atoms with E-state index in [1.54, 1.807) is 4.90 Å². The van der Waals surface area contributed by atoms with Gasteiger partial charge in [0.25, 0.3) is 11.5 Å². The van der Waals surface area contributed by atoms with E-state index in [1.165, 1.54) is 6.07 Å². The third-order valence-corrected chi connectivity index (χ3v) is 2.60. The van der Waals surface area contributed by atoms with Gasteiger partial charge in [-0.15, -0.1) is 0 Å². The highest BCUT2D eigenvalue weighted by Crippen LogP contribution is 2.05.